The Hall–Kier alpha value is -3.20. The zero-order chi connectivity index (χ0) is 21.3. The molecule has 29 heavy (non-hydrogen) atoms. The lowest BCUT2D eigenvalue weighted by atomic mass is 10.1. The molecular formula is C20H22N4O4S. The molecule has 0 spiro atoms. The fourth-order valence-electron chi connectivity index (χ4n) is 3.36. The van der Waals surface area contributed by atoms with Crippen LogP contribution < -0.4 is 21.8 Å². The minimum absolute atomic E-state index is 0.282. The maximum atomic E-state index is 13.4. The molecule has 1 unspecified atom stereocenters. The molecule has 152 valence electrons. The number of nitrogens with zero attached hydrogens (tertiary/aromatic N) is 2. The van der Waals surface area contributed by atoms with Crippen LogP contribution in [0, 0.1) is 6.92 Å². The second-order valence-electron chi connectivity index (χ2n) is 6.66. The average Bonchev–Trinajstić information content (AvgIpc) is 3.02. The highest BCUT2D eigenvalue weighted by Gasteiger charge is 2.26. The molecule has 8 nitrogen and oxygen atoms in total. The number of thiophene rings is 1. The summed E-state index contributed by atoms with van der Waals surface area (Å²) in [5.41, 5.74) is 12.0. The van der Waals surface area contributed by atoms with Gasteiger partial charge in [-0.3, -0.25) is 19.0 Å². The number of nitrogens with two attached hydrogens (primary N) is 2. The first-order valence-electron chi connectivity index (χ1n) is 9.05. The summed E-state index contributed by atoms with van der Waals surface area (Å²) in [6, 6.07) is 6.49. The second kappa shape index (κ2) is 8.04. The van der Waals surface area contributed by atoms with E-state index in [1.54, 1.807) is 21.0 Å². The van der Waals surface area contributed by atoms with Gasteiger partial charge in [0.25, 0.3) is 11.5 Å². The monoisotopic (exact) mass is 414 g/mol. The molecule has 0 aliphatic heterocycles. The highest BCUT2D eigenvalue weighted by molar-refractivity contribution is 7.20. The summed E-state index contributed by atoms with van der Waals surface area (Å²) >= 11 is 1.08. The van der Waals surface area contributed by atoms with Crippen LogP contribution in [0.15, 0.2) is 29.1 Å². The molecule has 2 aromatic heterocycles. The molecule has 0 aliphatic rings. The van der Waals surface area contributed by atoms with Gasteiger partial charge in [0.05, 0.1) is 17.4 Å². The number of primary amides is 2. The van der Waals surface area contributed by atoms with Gasteiger partial charge in [0.2, 0.25) is 5.91 Å². The number of aryl methyl sites for hydroxylation is 1. The van der Waals surface area contributed by atoms with E-state index in [9.17, 15) is 14.4 Å². The van der Waals surface area contributed by atoms with Crippen LogP contribution in [0.25, 0.3) is 10.2 Å². The van der Waals surface area contributed by atoms with Crippen LogP contribution in [0.1, 0.15) is 46.0 Å². The van der Waals surface area contributed by atoms with E-state index < -0.39 is 23.4 Å². The largest absolute Gasteiger partial charge is 0.497 e. The average molecular weight is 414 g/mol. The van der Waals surface area contributed by atoms with Gasteiger partial charge >= 0.3 is 0 Å². The minimum Gasteiger partial charge on any atom is -0.497 e. The van der Waals surface area contributed by atoms with Crippen LogP contribution in [-0.4, -0.2) is 28.5 Å². The summed E-state index contributed by atoms with van der Waals surface area (Å²) < 4.78 is 6.52. The van der Waals surface area contributed by atoms with E-state index in [-0.39, 0.29) is 4.88 Å². The standard InChI is InChI=1S/C20H22N4O4S/c1-4-13(17(21)25)24-14(9-11-5-7-12(28-3)8-6-11)23-19-15(20(24)27)10(2)16(29-19)18(22)26/h5-8,13H,4,9H2,1-3H3,(H2,21,25)(H2,22,26). The van der Waals surface area contributed by atoms with E-state index in [0.29, 0.717) is 40.2 Å². The van der Waals surface area contributed by atoms with Crippen molar-refractivity contribution in [2.75, 3.05) is 7.11 Å². The van der Waals surface area contributed by atoms with E-state index in [4.69, 9.17) is 16.2 Å². The van der Waals surface area contributed by atoms with Crippen molar-refractivity contribution in [3.63, 3.8) is 0 Å². The third-order valence-corrected chi connectivity index (χ3v) is 6.04. The summed E-state index contributed by atoms with van der Waals surface area (Å²) in [5, 5.41) is 0.294. The summed E-state index contributed by atoms with van der Waals surface area (Å²) in [7, 11) is 1.58. The van der Waals surface area contributed by atoms with Crippen LogP contribution >= 0.6 is 11.3 Å². The maximum absolute atomic E-state index is 13.4. The van der Waals surface area contributed by atoms with Crippen molar-refractivity contribution in [1.29, 1.82) is 0 Å². The Bertz CT molecular complexity index is 1150. The number of ether oxygens (including phenoxy) is 1. The highest BCUT2D eigenvalue weighted by Crippen LogP contribution is 2.28. The van der Waals surface area contributed by atoms with Gasteiger partial charge in [-0.25, -0.2) is 4.98 Å². The summed E-state index contributed by atoms with van der Waals surface area (Å²) in [4.78, 5) is 42.5. The molecule has 0 aliphatic carbocycles. The molecule has 0 bridgehead atoms. The molecule has 0 saturated carbocycles. The number of amides is 2. The Morgan fingerprint density at radius 2 is 1.90 bits per heavy atom. The molecule has 0 fully saturated rings. The van der Waals surface area contributed by atoms with Crippen molar-refractivity contribution in [2.45, 2.75) is 32.7 Å². The zero-order valence-electron chi connectivity index (χ0n) is 16.4. The first kappa shape index (κ1) is 20.5. The fourth-order valence-corrected chi connectivity index (χ4v) is 4.40. The molecule has 1 atom stereocenters. The molecular weight excluding hydrogens is 392 g/mol. The fraction of sp³-hybridized carbons (Fsp3) is 0.300. The quantitative estimate of drug-likeness (QED) is 0.610. The lowest BCUT2D eigenvalue weighted by molar-refractivity contribution is -0.121. The lowest BCUT2D eigenvalue weighted by Gasteiger charge is -2.19. The van der Waals surface area contributed by atoms with Crippen LogP contribution in [-0.2, 0) is 11.2 Å². The van der Waals surface area contributed by atoms with Crippen LogP contribution in [0.3, 0.4) is 0 Å². The number of carbonyl (C=O) groups excluding carboxylic acids is 2. The molecule has 2 amide bonds. The van der Waals surface area contributed by atoms with Gasteiger partial charge in [-0.1, -0.05) is 19.1 Å². The normalized spacial score (nSPS) is 12.1. The Balaban J connectivity index is 2.26. The molecule has 3 rings (SSSR count). The number of hydrogen-bond acceptors (Lipinski definition) is 6. The maximum Gasteiger partial charge on any atom is 0.263 e. The molecule has 2 heterocycles. The predicted octanol–water partition coefficient (Wildman–Crippen LogP) is 1.90. The smallest absolute Gasteiger partial charge is 0.263 e. The first-order chi connectivity index (χ1) is 13.8. The lowest BCUT2D eigenvalue weighted by Crippen LogP contribution is -2.36. The summed E-state index contributed by atoms with van der Waals surface area (Å²) in [6.45, 7) is 3.43. The van der Waals surface area contributed by atoms with Crippen LogP contribution in [0.2, 0.25) is 0 Å². The van der Waals surface area contributed by atoms with Gasteiger partial charge < -0.3 is 16.2 Å². The predicted molar refractivity (Wildman–Crippen MR) is 111 cm³/mol. The van der Waals surface area contributed by atoms with E-state index in [0.717, 1.165) is 16.9 Å². The van der Waals surface area contributed by atoms with Crippen molar-refractivity contribution >= 4 is 33.4 Å². The number of rotatable bonds is 7. The van der Waals surface area contributed by atoms with Crippen molar-refractivity contribution in [3.05, 3.63) is 56.4 Å². The van der Waals surface area contributed by atoms with E-state index in [2.05, 4.69) is 4.98 Å². The number of aromatic nitrogens is 2. The third-order valence-electron chi connectivity index (χ3n) is 4.84. The SMILES string of the molecule is CCC(C(N)=O)n1c(Cc2ccc(OC)cc2)nc2sc(C(N)=O)c(C)c2c1=O. The van der Waals surface area contributed by atoms with Crippen LogP contribution in [0.4, 0.5) is 0 Å². The zero-order valence-corrected chi connectivity index (χ0v) is 17.2. The Morgan fingerprint density at radius 3 is 2.41 bits per heavy atom. The van der Waals surface area contributed by atoms with Crippen molar-refractivity contribution in [2.24, 2.45) is 11.5 Å². The van der Waals surface area contributed by atoms with E-state index in [1.165, 1.54) is 4.57 Å². The first-order valence-corrected chi connectivity index (χ1v) is 9.86. The third kappa shape index (κ3) is 3.73. The molecule has 1 aromatic carbocycles. The molecule has 3 aromatic rings. The van der Waals surface area contributed by atoms with E-state index in [1.807, 2.05) is 24.3 Å². The van der Waals surface area contributed by atoms with Gasteiger partial charge in [-0.05, 0) is 36.6 Å². The highest BCUT2D eigenvalue weighted by atomic mass is 32.1. The summed E-state index contributed by atoms with van der Waals surface area (Å²) in [5.74, 6) is -0.126. The van der Waals surface area contributed by atoms with Gasteiger partial charge in [0.1, 0.15) is 22.4 Å². The Morgan fingerprint density at radius 1 is 1.24 bits per heavy atom. The molecule has 9 heteroatoms. The van der Waals surface area contributed by atoms with Crippen molar-refractivity contribution in [1.82, 2.24) is 9.55 Å². The topological polar surface area (TPSA) is 130 Å². The van der Waals surface area contributed by atoms with Gasteiger partial charge in [0, 0.05) is 6.42 Å². The number of hydrogen-bond donors (Lipinski definition) is 2. The number of fused-ring (bicyclic) bond motifs is 1. The second-order valence-corrected chi connectivity index (χ2v) is 7.65. The molecule has 0 saturated heterocycles. The van der Waals surface area contributed by atoms with E-state index >= 15 is 0 Å². The Kier molecular flexibility index (Phi) is 5.69. The summed E-state index contributed by atoms with van der Waals surface area (Å²) in [6.07, 6.45) is 0.645. The van der Waals surface area contributed by atoms with Gasteiger partial charge in [-0.15, -0.1) is 11.3 Å². The van der Waals surface area contributed by atoms with Crippen LogP contribution in [0.5, 0.6) is 5.75 Å². The number of benzene rings is 1. The van der Waals surface area contributed by atoms with Crippen molar-refractivity contribution < 1.29 is 14.3 Å². The number of methoxy groups -OCH3 is 1. The Labute approximate surface area is 171 Å². The van der Waals surface area contributed by atoms with Gasteiger partial charge in [0.15, 0.2) is 0 Å². The minimum atomic E-state index is -0.844. The van der Waals surface area contributed by atoms with Crippen molar-refractivity contribution in [3.8, 4) is 5.75 Å². The molecule has 4 N–H and O–H groups in total. The molecule has 0 radical (unpaired) electrons. The van der Waals surface area contributed by atoms with Gasteiger partial charge in [-0.2, -0.15) is 0 Å². The number of carbonyl (C=O) groups is 2.